The van der Waals surface area contributed by atoms with Crippen LogP contribution in [0.4, 0.5) is 10.1 Å². The molecule has 1 N–H and O–H groups in total. The summed E-state index contributed by atoms with van der Waals surface area (Å²) >= 11 is 0. The molecule has 0 spiro atoms. The Balaban J connectivity index is 2.34. The van der Waals surface area contributed by atoms with E-state index in [2.05, 4.69) is 4.72 Å². The Morgan fingerprint density at radius 2 is 2.06 bits per heavy atom. The SMILES string of the molecule is CC1(NS(=O)(=O)c2ccc([N+](=O)[O-])c(F)c2)CC1. The van der Waals surface area contributed by atoms with Crippen molar-refractivity contribution >= 4 is 15.7 Å². The van der Waals surface area contributed by atoms with E-state index in [0.717, 1.165) is 25.0 Å². The van der Waals surface area contributed by atoms with Crippen molar-refractivity contribution in [2.45, 2.75) is 30.2 Å². The standard InChI is InChI=1S/C10H11FN2O4S/c1-10(4-5-10)12-18(16,17)7-2-3-9(13(14)15)8(11)6-7/h2-3,6,12H,4-5H2,1H3. The lowest BCUT2D eigenvalue weighted by atomic mass is 10.3. The van der Waals surface area contributed by atoms with Crippen LogP contribution in [-0.2, 0) is 10.0 Å². The minimum absolute atomic E-state index is 0.307. The summed E-state index contributed by atoms with van der Waals surface area (Å²) in [5, 5.41) is 10.4. The van der Waals surface area contributed by atoms with Gasteiger partial charge in [0, 0.05) is 17.7 Å². The minimum atomic E-state index is -3.83. The molecule has 0 radical (unpaired) electrons. The summed E-state index contributed by atoms with van der Waals surface area (Å²) in [5.74, 6) is -1.16. The average Bonchev–Trinajstić information content (AvgIpc) is 2.94. The Kier molecular flexibility index (Phi) is 2.86. The molecule has 1 aromatic rings. The molecule has 0 atom stereocenters. The average molecular weight is 274 g/mol. The maximum Gasteiger partial charge on any atom is 0.304 e. The second-order valence-electron chi connectivity index (χ2n) is 4.54. The van der Waals surface area contributed by atoms with Gasteiger partial charge in [-0.15, -0.1) is 0 Å². The van der Waals surface area contributed by atoms with Gasteiger partial charge in [0.1, 0.15) is 0 Å². The molecule has 2 rings (SSSR count). The van der Waals surface area contributed by atoms with E-state index in [-0.39, 0.29) is 4.90 Å². The Morgan fingerprint density at radius 1 is 1.44 bits per heavy atom. The molecule has 6 nitrogen and oxygen atoms in total. The van der Waals surface area contributed by atoms with Gasteiger partial charge in [-0.2, -0.15) is 4.39 Å². The Morgan fingerprint density at radius 3 is 2.50 bits per heavy atom. The molecular weight excluding hydrogens is 263 g/mol. The minimum Gasteiger partial charge on any atom is -0.258 e. The fraction of sp³-hybridized carbons (Fsp3) is 0.400. The molecule has 0 saturated heterocycles. The Labute approximate surface area is 103 Å². The number of rotatable bonds is 4. The van der Waals surface area contributed by atoms with Crippen molar-refractivity contribution in [3.8, 4) is 0 Å². The summed E-state index contributed by atoms with van der Waals surface area (Å²) in [6, 6.07) is 2.53. The molecule has 1 aromatic carbocycles. The highest BCUT2D eigenvalue weighted by Crippen LogP contribution is 2.36. The molecule has 0 aliphatic heterocycles. The van der Waals surface area contributed by atoms with Crippen molar-refractivity contribution in [3.63, 3.8) is 0 Å². The van der Waals surface area contributed by atoms with Crippen LogP contribution in [0, 0.1) is 15.9 Å². The molecule has 0 unspecified atom stereocenters. The van der Waals surface area contributed by atoms with Crippen molar-refractivity contribution in [1.29, 1.82) is 0 Å². The van der Waals surface area contributed by atoms with Crippen LogP contribution in [0.5, 0.6) is 0 Å². The third-order valence-corrected chi connectivity index (χ3v) is 4.44. The Hall–Kier alpha value is -1.54. The predicted molar refractivity (Wildman–Crippen MR) is 61.0 cm³/mol. The van der Waals surface area contributed by atoms with Gasteiger partial charge in [-0.25, -0.2) is 13.1 Å². The predicted octanol–water partition coefficient (Wildman–Crippen LogP) is 1.56. The van der Waals surface area contributed by atoms with E-state index in [4.69, 9.17) is 0 Å². The van der Waals surface area contributed by atoms with Crippen LogP contribution in [0.3, 0.4) is 0 Å². The van der Waals surface area contributed by atoms with Gasteiger partial charge in [-0.3, -0.25) is 10.1 Å². The highest BCUT2D eigenvalue weighted by molar-refractivity contribution is 7.89. The highest BCUT2D eigenvalue weighted by atomic mass is 32.2. The molecule has 98 valence electrons. The maximum absolute atomic E-state index is 13.3. The molecule has 8 heteroatoms. The van der Waals surface area contributed by atoms with Crippen LogP contribution in [0.25, 0.3) is 0 Å². The zero-order chi connectivity index (χ0) is 13.6. The zero-order valence-electron chi connectivity index (χ0n) is 9.51. The number of nitro groups is 1. The van der Waals surface area contributed by atoms with Crippen LogP contribution < -0.4 is 4.72 Å². The van der Waals surface area contributed by atoms with Crippen molar-refractivity contribution < 1.29 is 17.7 Å². The lowest BCUT2D eigenvalue weighted by Crippen LogP contribution is -2.34. The van der Waals surface area contributed by atoms with Crippen molar-refractivity contribution in [3.05, 3.63) is 34.1 Å². The van der Waals surface area contributed by atoms with Crippen LogP contribution >= 0.6 is 0 Å². The maximum atomic E-state index is 13.3. The van der Waals surface area contributed by atoms with E-state index in [1.165, 1.54) is 0 Å². The first-order valence-electron chi connectivity index (χ1n) is 5.21. The number of hydrogen-bond acceptors (Lipinski definition) is 4. The summed E-state index contributed by atoms with van der Waals surface area (Å²) in [4.78, 5) is 9.21. The van der Waals surface area contributed by atoms with Gasteiger partial charge in [0.15, 0.2) is 0 Å². The molecule has 1 aliphatic carbocycles. The van der Waals surface area contributed by atoms with Gasteiger partial charge < -0.3 is 0 Å². The topological polar surface area (TPSA) is 89.3 Å². The van der Waals surface area contributed by atoms with E-state index in [0.29, 0.717) is 6.07 Å². The van der Waals surface area contributed by atoms with Gasteiger partial charge in [0.25, 0.3) is 0 Å². The van der Waals surface area contributed by atoms with E-state index in [9.17, 15) is 22.9 Å². The normalized spacial score (nSPS) is 17.4. The summed E-state index contributed by atoms with van der Waals surface area (Å²) < 4.78 is 39.5. The van der Waals surface area contributed by atoms with E-state index >= 15 is 0 Å². The number of benzene rings is 1. The molecule has 1 aliphatic rings. The molecule has 1 fully saturated rings. The van der Waals surface area contributed by atoms with Crippen molar-refractivity contribution in [2.24, 2.45) is 0 Å². The van der Waals surface area contributed by atoms with Gasteiger partial charge in [-0.1, -0.05) is 0 Å². The second kappa shape index (κ2) is 3.99. The largest absolute Gasteiger partial charge is 0.304 e. The molecular formula is C10H11FN2O4S. The van der Waals surface area contributed by atoms with Gasteiger partial charge in [-0.05, 0) is 25.8 Å². The summed E-state index contributed by atoms with van der Waals surface area (Å²) in [7, 11) is -3.83. The lowest BCUT2D eigenvalue weighted by molar-refractivity contribution is -0.387. The van der Waals surface area contributed by atoms with Crippen LogP contribution in [0.2, 0.25) is 0 Å². The number of nitro benzene ring substituents is 1. The molecule has 0 aromatic heterocycles. The van der Waals surface area contributed by atoms with Crippen LogP contribution in [-0.4, -0.2) is 18.9 Å². The van der Waals surface area contributed by atoms with Crippen LogP contribution in [0.15, 0.2) is 23.1 Å². The zero-order valence-corrected chi connectivity index (χ0v) is 10.3. The van der Waals surface area contributed by atoms with Crippen LogP contribution in [0.1, 0.15) is 19.8 Å². The molecule has 1 saturated carbocycles. The fourth-order valence-corrected chi connectivity index (χ4v) is 2.95. The Bertz CT molecular complexity index is 610. The molecule has 18 heavy (non-hydrogen) atoms. The number of sulfonamides is 1. The second-order valence-corrected chi connectivity index (χ2v) is 6.22. The number of hydrogen-bond donors (Lipinski definition) is 1. The van der Waals surface area contributed by atoms with E-state index < -0.39 is 32.0 Å². The van der Waals surface area contributed by atoms with E-state index in [1.54, 1.807) is 6.92 Å². The number of nitrogens with zero attached hydrogens (tertiary/aromatic N) is 1. The number of halogens is 1. The van der Waals surface area contributed by atoms with Gasteiger partial charge in [0.2, 0.25) is 15.8 Å². The van der Waals surface area contributed by atoms with Gasteiger partial charge in [0.05, 0.1) is 9.82 Å². The molecule has 0 bridgehead atoms. The fourth-order valence-electron chi connectivity index (χ4n) is 1.48. The monoisotopic (exact) mass is 274 g/mol. The lowest BCUT2D eigenvalue weighted by Gasteiger charge is -2.11. The quantitative estimate of drug-likeness (QED) is 0.666. The first-order valence-corrected chi connectivity index (χ1v) is 6.70. The summed E-state index contributed by atoms with van der Waals surface area (Å²) in [6.45, 7) is 1.74. The molecule has 0 heterocycles. The van der Waals surface area contributed by atoms with Gasteiger partial charge >= 0.3 is 5.69 Å². The third kappa shape index (κ3) is 2.49. The summed E-state index contributed by atoms with van der Waals surface area (Å²) in [6.07, 6.45) is 1.45. The number of nitrogens with one attached hydrogen (secondary N) is 1. The first-order chi connectivity index (χ1) is 8.23. The van der Waals surface area contributed by atoms with Crippen molar-refractivity contribution in [2.75, 3.05) is 0 Å². The van der Waals surface area contributed by atoms with E-state index in [1.807, 2.05) is 0 Å². The highest BCUT2D eigenvalue weighted by Gasteiger charge is 2.41. The summed E-state index contributed by atoms with van der Waals surface area (Å²) in [5.41, 5.74) is -1.22. The van der Waals surface area contributed by atoms with Crippen molar-refractivity contribution in [1.82, 2.24) is 4.72 Å². The smallest absolute Gasteiger partial charge is 0.258 e. The third-order valence-electron chi connectivity index (χ3n) is 2.81. The molecule has 0 amide bonds. The first kappa shape index (κ1) is 12.9.